The standard InChI is InChI=1S/C14H22N2O2S/c1-11(8-13-4-3-7-19-13)16(2)14(17)9-12-10-15-5-6-18-12/h3-4,7,11-12,15H,5-6,8-10H2,1-2H3. The molecule has 1 aromatic rings. The van der Waals surface area contributed by atoms with Gasteiger partial charge in [-0.05, 0) is 18.4 Å². The summed E-state index contributed by atoms with van der Waals surface area (Å²) in [5.41, 5.74) is 0. The molecule has 0 aromatic carbocycles. The molecule has 1 N–H and O–H groups in total. The van der Waals surface area contributed by atoms with E-state index in [1.54, 1.807) is 11.3 Å². The lowest BCUT2D eigenvalue weighted by Crippen LogP contribution is -2.43. The highest BCUT2D eigenvalue weighted by Crippen LogP contribution is 2.14. The molecule has 2 heterocycles. The van der Waals surface area contributed by atoms with Gasteiger partial charge in [0.05, 0.1) is 19.1 Å². The van der Waals surface area contributed by atoms with Crippen LogP contribution in [0.1, 0.15) is 18.2 Å². The fraction of sp³-hybridized carbons (Fsp3) is 0.643. The third-order valence-electron chi connectivity index (χ3n) is 3.54. The molecule has 1 amide bonds. The average Bonchev–Trinajstić information content (AvgIpc) is 2.91. The van der Waals surface area contributed by atoms with Crippen LogP contribution in [0.4, 0.5) is 0 Å². The number of nitrogens with zero attached hydrogens (tertiary/aromatic N) is 1. The number of hydrogen-bond donors (Lipinski definition) is 1. The zero-order chi connectivity index (χ0) is 13.7. The molecule has 19 heavy (non-hydrogen) atoms. The van der Waals surface area contributed by atoms with Crippen LogP contribution in [0.2, 0.25) is 0 Å². The highest BCUT2D eigenvalue weighted by atomic mass is 32.1. The first kappa shape index (κ1) is 14.5. The Morgan fingerprint density at radius 2 is 2.53 bits per heavy atom. The molecular weight excluding hydrogens is 260 g/mol. The van der Waals surface area contributed by atoms with Crippen LogP contribution in [0.25, 0.3) is 0 Å². The molecule has 0 aliphatic carbocycles. The SMILES string of the molecule is CC(Cc1cccs1)N(C)C(=O)CC1CNCCO1. The van der Waals surface area contributed by atoms with Crippen LogP contribution >= 0.6 is 11.3 Å². The van der Waals surface area contributed by atoms with E-state index in [0.717, 1.165) is 19.5 Å². The van der Waals surface area contributed by atoms with Gasteiger partial charge in [-0.3, -0.25) is 4.79 Å². The molecule has 106 valence electrons. The third kappa shape index (κ3) is 4.30. The van der Waals surface area contributed by atoms with E-state index in [2.05, 4.69) is 29.8 Å². The first-order chi connectivity index (χ1) is 9.16. The van der Waals surface area contributed by atoms with Crippen LogP contribution in [0.5, 0.6) is 0 Å². The lowest BCUT2D eigenvalue weighted by molar-refractivity contribution is -0.135. The Labute approximate surface area is 118 Å². The van der Waals surface area contributed by atoms with E-state index in [0.29, 0.717) is 13.0 Å². The monoisotopic (exact) mass is 282 g/mol. The summed E-state index contributed by atoms with van der Waals surface area (Å²) >= 11 is 1.74. The van der Waals surface area contributed by atoms with Gasteiger partial charge in [0.25, 0.3) is 0 Å². The molecule has 4 nitrogen and oxygen atoms in total. The Morgan fingerprint density at radius 1 is 1.68 bits per heavy atom. The summed E-state index contributed by atoms with van der Waals surface area (Å²) in [5, 5.41) is 5.33. The Morgan fingerprint density at radius 3 is 3.16 bits per heavy atom. The van der Waals surface area contributed by atoms with Crippen molar-refractivity contribution in [3.63, 3.8) is 0 Å². The first-order valence-electron chi connectivity index (χ1n) is 6.77. The van der Waals surface area contributed by atoms with E-state index < -0.39 is 0 Å². The van der Waals surface area contributed by atoms with Crippen LogP contribution in [-0.2, 0) is 16.0 Å². The Bertz CT molecular complexity index is 388. The summed E-state index contributed by atoms with van der Waals surface area (Å²) < 4.78 is 5.58. The van der Waals surface area contributed by atoms with E-state index >= 15 is 0 Å². The van der Waals surface area contributed by atoms with Gasteiger partial charge >= 0.3 is 0 Å². The second kappa shape index (κ2) is 7.03. The van der Waals surface area contributed by atoms with Gasteiger partial charge in [-0.1, -0.05) is 6.07 Å². The van der Waals surface area contributed by atoms with Crippen molar-refractivity contribution < 1.29 is 9.53 Å². The molecule has 0 bridgehead atoms. The summed E-state index contributed by atoms with van der Waals surface area (Å²) in [7, 11) is 1.89. The number of hydrogen-bond acceptors (Lipinski definition) is 4. The van der Waals surface area contributed by atoms with Gasteiger partial charge in [-0.2, -0.15) is 0 Å². The third-order valence-corrected chi connectivity index (χ3v) is 4.44. The van der Waals surface area contributed by atoms with Gasteiger partial charge in [0.15, 0.2) is 0 Å². The second-order valence-electron chi connectivity index (χ2n) is 5.04. The number of morpholine rings is 1. The smallest absolute Gasteiger partial charge is 0.225 e. The maximum atomic E-state index is 12.2. The number of amides is 1. The number of nitrogens with one attached hydrogen (secondary N) is 1. The van der Waals surface area contributed by atoms with Crippen molar-refractivity contribution in [1.82, 2.24) is 10.2 Å². The minimum Gasteiger partial charge on any atom is -0.375 e. The summed E-state index contributed by atoms with van der Waals surface area (Å²) in [6.45, 7) is 4.46. The summed E-state index contributed by atoms with van der Waals surface area (Å²) in [6, 6.07) is 4.40. The van der Waals surface area contributed by atoms with E-state index in [-0.39, 0.29) is 18.1 Å². The van der Waals surface area contributed by atoms with Gasteiger partial charge < -0.3 is 15.0 Å². The molecule has 1 aromatic heterocycles. The lowest BCUT2D eigenvalue weighted by atomic mass is 10.1. The van der Waals surface area contributed by atoms with E-state index in [1.165, 1.54) is 4.88 Å². The molecule has 5 heteroatoms. The van der Waals surface area contributed by atoms with Crippen molar-refractivity contribution >= 4 is 17.2 Å². The molecule has 1 aliphatic heterocycles. The number of carbonyl (C=O) groups excluding carboxylic acids is 1. The molecule has 2 atom stereocenters. The molecule has 1 aliphatic rings. The van der Waals surface area contributed by atoms with Gasteiger partial charge in [-0.15, -0.1) is 11.3 Å². The largest absolute Gasteiger partial charge is 0.375 e. The van der Waals surface area contributed by atoms with Crippen molar-refractivity contribution in [2.24, 2.45) is 0 Å². The molecule has 1 fully saturated rings. The van der Waals surface area contributed by atoms with E-state index in [9.17, 15) is 4.79 Å². The fourth-order valence-corrected chi connectivity index (χ4v) is 3.02. The highest BCUT2D eigenvalue weighted by molar-refractivity contribution is 7.09. The molecule has 0 radical (unpaired) electrons. The predicted octanol–water partition coefficient (Wildman–Crippen LogP) is 1.52. The minimum absolute atomic E-state index is 0.0256. The molecule has 2 unspecified atom stereocenters. The van der Waals surface area contributed by atoms with Crippen molar-refractivity contribution in [1.29, 1.82) is 0 Å². The van der Waals surface area contributed by atoms with Gasteiger partial charge in [-0.25, -0.2) is 0 Å². The van der Waals surface area contributed by atoms with Gasteiger partial charge in [0.2, 0.25) is 5.91 Å². The Balaban J connectivity index is 1.80. The lowest BCUT2D eigenvalue weighted by Gasteiger charge is -2.28. The van der Waals surface area contributed by atoms with Crippen LogP contribution in [-0.4, -0.2) is 49.7 Å². The van der Waals surface area contributed by atoms with E-state index in [4.69, 9.17) is 4.74 Å². The first-order valence-corrected chi connectivity index (χ1v) is 7.65. The maximum Gasteiger partial charge on any atom is 0.225 e. The van der Waals surface area contributed by atoms with Crippen LogP contribution < -0.4 is 5.32 Å². The summed E-state index contributed by atoms with van der Waals surface area (Å²) in [6.07, 6.45) is 1.42. The van der Waals surface area contributed by atoms with Gasteiger partial charge in [0, 0.05) is 37.5 Å². The van der Waals surface area contributed by atoms with Crippen molar-refractivity contribution in [2.45, 2.75) is 31.9 Å². The number of rotatable bonds is 5. The zero-order valence-corrected chi connectivity index (χ0v) is 12.4. The minimum atomic E-state index is 0.0256. The summed E-state index contributed by atoms with van der Waals surface area (Å²) in [5.74, 6) is 0.165. The molecule has 1 saturated heterocycles. The number of thiophene rings is 1. The second-order valence-corrected chi connectivity index (χ2v) is 6.07. The Hall–Kier alpha value is -0.910. The molecule has 0 saturated carbocycles. The van der Waals surface area contributed by atoms with Gasteiger partial charge in [0.1, 0.15) is 0 Å². The topological polar surface area (TPSA) is 41.6 Å². The maximum absolute atomic E-state index is 12.2. The Kier molecular flexibility index (Phi) is 5.36. The van der Waals surface area contributed by atoms with Crippen molar-refractivity contribution in [3.8, 4) is 0 Å². The van der Waals surface area contributed by atoms with E-state index in [1.807, 2.05) is 11.9 Å². The predicted molar refractivity (Wildman–Crippen MR) is 77.5 cm³/mol. The average molecular weight is 282 g/mol. The fourth-order valence-electron chi connectivity index (χ4n) is 2.19. The normalized spacial score (nSPS) is 21.1. The molecule has 2 rings (SSSR count). The number of carbonyl (C=O) groups is 1. The zero-order valence-electron chi connectivity index (χ0n) is 11.6. The number of likely N-dealkylation sites (N-methyl/N-ethyl adjacent to an activating group) is 1. The molecule has 0 spiro atoms. The quantitative estimate of drug-likeness (QED) is 0.890. The highest BCUT2D eigenvalue weighted by Gasteiger charge is 2.22. The van der Waals surface area contributed by atoms with Crippen LogP contribution in [0.3, 0.4) is 0 Å². The van der Waals surface area contributed by atoms with Crippen molar-refractivity contribution in [2.75, 3.05) is 26.7 Å². The molecular formula is C14H22N2O2S. The van der Waals surface area contributed by atoms with Crippen LogP contribution in [0.15, 0.2) is 17.5 Å². The van der Waals surface area contributed by atoms with Crippen molar-refractivity contribution in [3.05, 3.63) is 22.4 Å². The number of ether oxygens (including phenoxy) is 1. The summed E-state index contributed by atoms with van der Waals surface area (Å²) in [4.78, 5) is 15.4. The van der Waals surface area contributed by atoms with Crippen LogP contribution in [0, 0.1) is 0 Å².